The summed E-state index contributed by atoms with van der Waals surface area (Å²) >= 11 is 0. The molecule has 0 unspecified atom stereocenters. The van der Waals surface area contributed by atoms with Crippen molar-refractivity contribution in [1.29, 1.82) is 0 Å². The van der Waals surface area contributed by atoms with Crippen molar-refractivity contribution in [3.05, 3.63) is 42.5 Å². The second-order valence-electron chi connectivity index (χ2n) is 6.68. The SMILES string of the molecule is C=CCNC(=NCc1cccc(OCCN(C)C2CCOCC2)c1)NCC.I. The molecular formula is C21H35IN4O2. The first-order valence-electron chi connectivity index (χ1n) is 9.85. The average Bonchev–Trinajstić information content (AvgIpc) is 2.71. The number of rotatable bonds is 10. The number of guanidine groups is 1. The van der Waals surface area contributed by atoms with Crippen molar-refractivity contribution in [2.75, 3.05) is 46.5 Å². The van der Waals surface area contributed by atoms with E-state index in [1.54, 1.807) is 0 Å². The number of aliphatic imine (C=N–C) groups is 1. The minimum atomic E-state index is 0. The Balaban J connectivity index is 0.00000392. The van der Waals surface area contributed by atoms with Crippen molar-refractivity contribution < 1.29 is 9.47 Å². The minimum Gasteiger partial charge on any atom is -0.492 e. The van der Waals surface area contributed by atoms with Gasteiger partial charge in [0.05, 0.1) is 6.54 Å². The van der Waals surface area contributed by atoms with Gasteiger partial charge < -0.3 is 20.1 Å². The molecule has 7 heteroatoms. The normalized spacial score (nSPS) is 15.0. The van der Waals surface area contributed by atoms with Crippen molar-refractivity contribution in [3.8, 4) is 5.75 Å². The molecule has 1 fully saturated rings. The Bertz CT molecular complexity index is 592. The summed E-state index contributed by atoms with van der Waals surface area (Å²) in [7, 11) is 2.17. The van der Waals surface area contributed by atoms with Crippen LogP contribution in [0.15, 0.2) is 41.9 Å². The van der Waals surface area contributed by atoms with E-state index >= 15 is 0 Å². The smallest absolute Gasteiger partial charge is 0.191 e. The van der Waals surface area contributed by atoms with Gasteiger partial charge in [0.1, 0.15) is 12.4 Å². The Hall–Kier alpha value is -1.32. The first kappa shape index (κ1) is 24.7. The Morgan fingerprint density at radius 1 is 1.36 bits per heavy atom. The number of nitrogens with zero attached hydrogens (tertiary/aromatic N) is 2. The highest BCUT2D eigenvalue weighted by Crippen LogP contribution is 2.15. The number of halogens is 1. The van der Waals surface area contributed by atoms with Crippen LogP contribution in [0.1, 0.15) is 25.3 Å². The number of benzene rings is 1. The van der Waals surface area contributed by atoms with Crippen LogP contribution in [0.3, 0.4) is 0 Å². The second-order valence-corrected chi connectivity index (χ2v) is 6.68. The van der Waals surface area contributed by atoms with Crippen molar-refractivity contribution in [2.24, 2.45) is 4.99 Å². The molecule has 0 aromatic heterocycles. The summed E-state index contributed by atoms with van der Waals surface area (Å²) in [5.41, 5.74) is 1.13. The first-order valence-corrected chi connectivity index (χ1v) is 9.85. The van der Waals surface area contributed by atoms with E-state index in [1.807, 2.05) is 18.2 Å². The van der Waals surface area contributed by atoms with Gasteiger partial charge >= 0.3 is 0 Å². The maximum Gasteiger partial charge on any atom is 0.191 e. The molecule has 0 radical (unpaired) electrons. The average molecular weight is 502 g/mol. The molecule has 0 amide bonds. The third-order valence-corrected chi connectivity index (χ3v) is 4.60. The Labute approximate surface area is 186 Å². The molecule has 158 valence electrons. The topological polar surface area (TPSA) is 58.1 Å². The van der Waals surface area contributed by atoms with E-state index in [-0.39, 0.29) is 24.0 Å². The van der Waals surface area contributed by atoms with Gasteiger partial charge in [0, 0.05) is 38.9 Å². The van der Waals surface area contributed by atoms with Gasteiger partial charge in [-0.15, -0.1) is 30.6 Å². The van der Waals surface area contributed by atoms with Crippen LogP contribution >= 0.6 is 24.0 Å². The molecule has 2 N–H and O–H groups in total. The molecule has 1 aromatic carbocycles. The summed E-state index contributed by atoms with van der Waals surface area (Å²) in [6, 6.07) is 8.77. The van der Waals surface area contributed by atoms with Gasteiger partial charge in [-0.05, 0) is 44.5 Å². The maximum atomic E-state index is 5.96. The van der Waals surface area contributed by atoms with Crippen LogP contribution in [0.5, 0.6) is 5.75 Å². The third kappa shape index (κ3) is 9.25. The minimum absolute atomic E-state index is 0. The Kier molecular flexibility index (Phi) is 12.9. The number of hydrogen-bond acceptors (Lipinski definition) is 4. The van der Waals surface area contributed by atoms with Crippen LogP contribution < -0.4 is 15.4 Å². The van der Waals surface area contributed by atoms with Crippen LogP contribution in [0.4, 0.5) is 0 Å². The number of nitrogens with one attached hydrogen (secondary N) is 2. The van der Waals surface area contributed by atoms with E-state index in [9.17, 15) is 0 Å². The summed E-state index contributed by atoms with van der Waals surface area (Å²) in [5.74, 6) is 1.69. The van der Waals surface area contributed by atoms with Gasteiger partial charge in [0.25, 0.3) is 0 Å². The van der Waals surface area contributed by atoms with E-state index in [0.29, 0.717) is 25.7 Å². The second kappa shape index (κ2) is 14.6. The summed E-state index contributed by atoms with van der Waals surface area (Å²) in [6.45, 7) is 11.2. The van der Waals surface area contributed by atoms with E-state index in [4.69, 9.17) is 9.47 Å². The van der Waals surface area contributed by atoms with E-state index < -0.39 is 0 Å². The molecule has 1 aromatic rings. The molecular weight excluding hydrogens is 467 g/mol. The molecule has 28 heavy (non-hydrogen) atoms. The number of ether oxygens (including phenoxy) is 2. The molecule has 0 atom stereocenters. The standard InChI is InChI=1S/C21H34N4O2.HI/c1-4-11-23-21(22-5-2)24-17-18-7-6-8-20(16-18)27-15-12-25(3)19-9-13-26-14-10-19;/h4,6-8,16,19H,1,5,9-15,17H2,2-3H3,(H2,22,23,24);1H. The van der Waals surface area contributed by atoms with E-state index in [2.05, 4.69) is 53.2 Å². The Morgan fingerprint density at radius 2 is 2.14 bits per heavy atom. The van der Waals surface area contributed by atoms with Gasteiger partial charge in [-0.1, -0.05) is 18.2 Å². The predicted molar refractivity (Wildman–Crippen MR) is 127 cm³/mol. The van der Waals surface area contributed by atoms with E-state index in [0.717, 1.165) is 56.4 Å². The Morgan fingerprint density at radius 3 is 2.86 bits per heavy atom. The van der Waals surface area contributed by atoms with Crippen molar-refractivity contribution >= 4 is 29.9 Å². The highest BCUT2D eigenvalue weighted by molar-refractivity contribution is 14.0. The maximum absolute atomic E-state index is 5.96. The fourth-order valence-electron chi connectivity index (χ4n) is 3.03. The zero-order valence-electron chi connectivity index (χ0n) is 17.2. The molecule has 1 aliphatic heterocycles. The third-order valence-electron chi connectivity index (χ3n) is 4.60. The van der Waals surface area contributed by atoms with E-state index in [1.165, 1.54) is 0 Å². The van der Waals surface area contributed by atoms with Crippen molar-refractivity contribution in [1.82, 2.24) is 15.5 Å². The molecule has 6 nitrogen and oxygen atoms in total. The number of likely N-dealkylation sites (N-methyl/N-ethyl adjacent to an activating group) is 1. The lowest BCUT2D eigenvalue weighted by atomic mass is 10.1. The molecule has 1 heterocycles. The van der Waals surface area contributed by atoms with Crippen LogP contribution in [0.2, 0.25) is 0 Å². The van der Waals surface area contributed by atoms with Crippen LogP contribution in [-0.2, 0) is 11.3 Å². The van der Waals surface area contributed by atoms with Gasteiger partial charge in [-0.2, -0.15) is 0 Å². The molecule has 0 bridgehead atoms. The molecule has 1 aliphatic rings. The zero-order chi connectivity index (χ0) is 19.3. The van der Waals surface area contributed by atoms with Crippen molar-refractivity contribution in [2.45, 2.75) is 32.4 Å². The molecule has 1 saturated heterocycles. The summed E-state index contributed by atoms with van der Waals surface area (Å²) in [5, 5.41) is 6.43. The lowest BCUT2D eigenvalue weighted by Gasteiger charge is -2.31. The molecule has 0 aliphatic carbocycles. The first-order chi connectivity index (χ1) is 13.2. The van der Waals surface area contributed by atoms with Crippen LogP contribution in [0.25, 0.3) is 0 Å². The fraction of sp³-hybridized carbons (Fsp3) is 0.571. The fourth-order valence-corrected chi connectivity index (χ4v) is 3.03. The lowest BCUT2D eigenvalue weighted by molar-refractivity contribution is 0.0392. The highest BCUT2D eigenvalue weighted by atomic mass is 127. The largest absolute Gasteiger partial charge is 0.492 e. The molecule has 0 saturated carbocycles. The monoisotopic (exact) mass is 502 g/mol. The summed E-state index contributed by atoms with van der Waals surface area (Å²) in [4.78, 5) is 6.98. The molecule has 0 spiro atoms. The van der Waals surface area contributed by atoms with Crippen molar-refractivity contribution in [3.63, 3.8) is 0 Å². The van der Waals surface area contributed by atoms with Crippen LogP contribution in [0, 0.1) is 0 Å². The van der Waals surface area contributed by atoms with Gasteiger partial charge in [-0.3, -0.25) is 4.90 Å². The zero-order valence-corrected chi connectivity index (χ0v) is 19.5. The predicted octanol–water partition coefficient (Wildman–Crippen LogP) is 3.04. The highest BCUT2D eigenvalue weighted by Gasteiger charge is 2.17. The van der Waals surface area contributed by atoms with Gasteiger partial charge in [0.15, 0.2) is 5.96 Å². The summed E-state index contributed by atoms with van der Waals surface area (Å²) in [6.07, 6.45) is 4.04. The molecule has 2 rings (SSSR count). The number of hydrogen-bond donors (Lipinski definition) is 2. The quantitative estimate of drug-likeness (QED) is 0.223. The van der Waals surface area contributed by atoms with Crippen LogP contribution in [-0.4, -0.2) is 63.4 Å². The lowest BCUT2D eigenvalue weighted by Crippen LogP contribution is -2.38. The summed E-state index contributed by atoms with van der Waals surface area (Å²) < 4.78 is 11.4. The van der Waals surface area contributed by atoms with Gasteiger partial charge in [0.2, 0.25) is 0 Å². The van der Waals surface area contributed by atoms with Gasteiger partial charge in [-0.25, -0.2) is 4.99 Å².